The van der Waals surface area contributed by atoms with Gasteiger partial charge in [-0.25, -0.2) is 4.98 Å². The molecular weight excluding hydrogens is 346 g/mol. The Balaban J connectivity index is 2.59. The fourth-order valence-electron chi connectivity index (χ4n) is 1.05. The molecule has 0 amide bonds. The van der Waals surface area contributed by atoms with E-state index in [9.17, 15) is 10.1 Å². The first kappa shape index (κ1) is 11.1. The van der Waals surface area contributed by atoms with Crippen LogP contribution in [0.5, 0.6) is 0 Å². The van der Waals surface area contributed by atoms with Gasteiger partial charge in [-0.3, -0.25) is 10.1 Å². The SMILES string of the molecule is O=[N+]([O-])c1cccnc1-n1nc(Br)c(Br)n1. The Morgan fingerprint density at radius 2 is 1.94 bits per heavy atom. The number of aromatic nitrogens is 4. The zero-order valence-corrected chi connectivity index (χ0v) is 10.7. The summed E-state index contributed by atoms with van der Waals surface area (Å²) in [6, 6.07) is 2.82. The van der Waals surface area contributed by atoms with Gasteiger partial charge >= 0.3 is 5.69 Å². The quantitative estimate of drug-likeness (QED) is 0.612. The molecule has 0 unspecified atom stereocenters. The zero-order valence-electron chi connectivity index (χ0n) is 7.54. The second-order valence-electron chi connectivity index (χ2n) is 2.67. The fraction of sp³-hybridized carbons (Fsp3) is 0. The minimum Gasteiger partial charge on any atom is -0.258 e. The summed E-state index contributed by atoms with van der Waals surface area (Å²) in [5, 5.41) is 18.6. The molecule has 0 fully saturated rings. The lowest BCUT2D eigenvalue weighted by Crippen LogP contribution is -2.05. The van der Waals surface area contributed by atoms with E-state index in [2.05, 4.69) is 47.0 Å². The lowest BCUT2D eigenvalue weighted by molar-refractivity contribution is -0.385. The van der Waals surface area contributed by atoms with Crippen molar-refractivity contribution in [3.63, 3.8) is 0 Å². The average molecular weight is 349 g/mol. The summed E-state index contributed by atoms with van der Waals surface area (Å²) in [6.45, 7) is 0. The van der Waals surface area contributed by atoms with Crippen molar-refractivity contribution in [1.29, 1.82) is 0 Å². The molecule has 0 spiro atoms. The number of hydrogen-bond acceptors (Lipinski definition) is 5. The highest BCUT2D eigenvalue weighted by atomic mass is 79.9. The molecule has 82 valence electrons. The van der Waals surface area contributed by atoms with Crippen molar-refractivity contribution in [3.05, 3.63) is 37.7 Å². The van der Waals surface area contributed by atoms with Crippen LogP contribution in [-0.2, 0) is 0 Å². The number of nitrogens with zero attached hydrogens (tertiary/aromatic N) is 5. The van der Waals surface area contributed by atoms with Crippen LogP contribution in [0.4, 0.5) is 5.69 Å². The van der Waals surface area contributed by atoms with Gasteiger partial charge in [-0.05, 0) is 37.9 Å². The highest BCUT2D eigenvalue weighted by Gasteiger charge is 2.19. The van der Waals surface area contributed by atoms with Crippen molar-refractivity contribution < 1.29 is 4.92 Å². The number of hydrogen-bond donors (Lipinski definition) is 0. The maximum absolute atomic E-state index is 10.8. The van der Waals surface area contributed by atoms with Gasteiger partial charge in [-0.1, -0.05) is 0 Å². The molecule has 2 aromatic heterocycles. The van der Waals surface area contributed by atoms with Crippen molar-refractivity contribution in [1.82, 2.24) is 20.0 Å². The van der Waals surface area contributed by atoms with Gasteiger partial charge in [-0.15, -0.1) is 15.0 Å². The van der Waals surface area contributed by atoms with Crippen molar-refractivity contribution in [2.45, 2.75) is 0 Å². The summed E-state index contributed by atoms with van der Waals surface area (Å²) in [7, 11) is 0. The molecular formula is C7H3Br2N5O2. The minimum absolute atomic E-state index is 0.0684. The Morgan fingerprint density at radius 1 is 1.31 bits per heavy atom. The van der Waals surface area contributed by atoms with Gasteiger partial charge in [0.1, 0.15) is 0 Å². The van der Waals surface area contributed by atoms with Crippen molar-refractivity contribution in [2.75, 3.05) is 0 Å². The highest BCUT2D eigenvalue weighted by molar-refractivity contribution is 9.13. The smallest absolute Gasteiger partial charge is 0.258 e. The largest absolute Gasteiger partial charge is 0.315 e. The van der Waals surface area contributed by atoms with Crippen LogP contribution in [0, 0.1) is 10.1 Å². The van der Waals surface area contributed by atoms with Gasteiger partial charge < -0.3 is 0 Å². The third kappa shape index (κ3) is 1.95. The van der Waals surface area contributed by atoms with Crippen LogP contribution in [0.3, 0.4) is 0 Å². The zero-order chi connectivity index (χ0) is 11.7. The second kappa shape index (κ2) is 4.26. The van der Waals surface area contributed by atoms with E-state index >= 15 is 0 Å². The van der Waals surface area contributed by atoms with Crippen LogP contribution in [0.1, 0.15) is 0 Å². The topological polar surface area (TPSA) is 86.7 Å². The van der Waals surface area contributed by atoms with Crippen molar-refractivity contribution in [3.8, 4) is 5.82 Å². The molecule has 0 N–H and O–H groups in total. The Hall–Kier alpha value is -1.35. The van der Waals surface area contributed by atoms with Crippen LogP contribution >= 0.6 is 31.9 Å². The van der Waals surface area contributed by atoms with E-state index < -0.39 is 4.92 Å². The molecule has 0 aliphatic rings. The third-order valence-electron chi connectivity index (χ3n) is 1.69. The van der Waals surface area contributed by atoms with Crippen molar-refractivity contribution in [2.24, 2.45) is 0 Å². The van der Waals surface area contributed by atoms with Crippen molar-refractivity contribution >= 4 is 37.5 Å². The summed E-state index contributed by atoms with van der Waals surface area (Å²) >= 11 is 6.27. The molecule has 0 bridgehead atoms. The Kier molecular flexibility index (Phi) is 2.97. The predicted octanol–water partition coefficient (Wildman–Crippen LogP) is 2.10. The van der Waals surface area contributed by atoms with Crippen LogP contribution in [-0.4, -0.2) is 24.9 Å². The fourth-order valence-corrected chi connectivity index (χ4v) is 1.51. The lowest BCUT2D eigenvalue weighted by atomic mass is 10.4. The van der Waals surface area contributed by atoms with Crippen LogP contribution < -0.4 is 0 Å². The van der Waals surface area contributed by atoms with E-state index in [1.807, 2.05) is 0 Å². The molecule has 0 saturated carbocycles. The lowest BCUT2D eigenvalue weighted by Gasteiger charge is -1.98. The average Bonchev–Trinajstić information content (AvgIpc) is 2.59. The summed E-state index contributed by atoms with van der Waals surface area (Å²) in [6.07, 6.45) is 1.44. The first-order chi connectivity index (χ1) is 7.59. The van der Waals surface area contributed by atoms with Crippen LogP contribution in [0.2, 0.25) is 0 Å². The molecule has 9 heteroatoms. The maximum Gasteiger partial charge on any atom is 0.315 e. The Bertz CT molecular complexity index is 536. The van der Waals surface area contributed by atoms with Crippen LogP contribution in [0.15, 0.2) is 27.5 Å². The molecule has 2 rings (SSSR count). The molecule has 0 atom stereocenters. The molecule has 2 heterocycles. The van der Waals surface area contributed by atoms with Gasteiger partial charge in [-0.2, -0.15) is 0 Å². The number of nitro groups is 1. The van der Waals surface area contributed by atoms with Gasteiger partial charge in [0.15, 0.2) is 9.21 Å². The molecule has 2 aromatic rings. The predicted molar refractivity (Wildman–Crippen MR) is 61.2 cm³/mol. The van der Waals surface area contributed by atoms with Gasteiger partial charge in [0.05, 0.1) is 4.92 Å². The summed E-state index contributed by atoms with van der Waals surface area (Å²) in [5.41, 5.74) is -0.155. The van der Waals surface area contributed by atoms with E-state index in [0.717, 1.165) is 4.80 Å². The highest BCUT2D eigenvalue weighted by Crippen LogP contribution is 2.22. The second-order valence-corrected chi connectivity index (χ2v) is 4.18. The first-order valence-electron chi connectivity index (χ1n) is 3.97. The number of pyridine rings is 1. The first-order valence-corrected chi connectivity index (χ1v) is 5.56. The van der Waals surface area contributed by atoms with Gasteiger partial charge in [0.25, 0.3) is 5.82 Å². The van der Waals surface area contributed by atoms with E-state index in [0.29, 0.717) is 9.21 Å². The number of halogens is 2. The Morgan fingerprint density at radius 3 is 2.50 bits per heavy atom. The molecule has 7 nitrogen and oxygen atoms in total. The van der Waals surface area contributed by atoms with E-state index in [4.69, 9.17) is 0 Å². The van der Waals surface area contributed by atoms with E-state index in [1.165, 1.54) is 18.3 Å². The summed E-state index contributed by atoms with van der Waals surface area (Å²) in [4.78, 5) is 15.2. The maximum atomic E-state index is 10.8. The molecule has 16 heavy (non-hydrogen) atoms. The monoisotopic (exact) mass is 347 g/mol. The van der Waals surface area contributed by atoms with E-state index in [1.54, 1.807) is 0 Å². The van der Waals surface area contributed by atoms with Crippen LogP contribution in [0.25, 0.3) is 5.82 Å². The van der Waals surface area contributed by atoms with E-state index in [-0.39, 0.29) is 11.5 Å². The number of rotatable bonds is 2. The molecule has 0 saturated heterocycles. The third-order valence-corrected chi connectivity index (χ3v) is 3.29. The molecule has 0 aliphatic heterocycles. The van der Waals surface area contributed by atoms with Gasteiger partial charge in [0.2, 0.25) is 0 Å². The Labute approximate surface area is 106 Å². The molecule has 0 aromatic carbocycles. The standard InChI is InChI=1S/C7H3Br2N5O2/c8-5-6(9)12-13(11-5)7-4(14(15)16)2-1-3-10-7/h1-3H. The summed E-state index contributed by atoms with van der Waals surface area (Å²) < 4.78 is 0.903. The minimum atomic E-state index is -0.534. The summed E-state index contributed by atoms with van der Waals surface area (Å²) in [5.74, 6) is 0.0684. The molecule has 0 aliphatic carbocycles. The molecule has 0 radical (unpaired) electrons. The van der Waals surface area contributed by atoms with Gasteiger partial charge in [0, 0.05) is 12.3 Å². The normalized spacial score (nSPS) is 10.4.